The number of nitrogens with one attached hydrogen (secondary N) is 1. The molecule has 2 heterocycles. The third-order valence-electron chi connectivity index (χ3n) is 3.04. The summed E-state index contributed by atoms with van der Waals surface area (Å²) in [5, 5.41) is 3.13. The van der Waals surface area contributed by atoms with Crippen LogP contribution in [-0.2, 0) is 4.74 Å². The average Bonchev–Trinajstić information content (AvgIpc) is 2.89. The van der Waals surface area contributed by atoms with Crippen LogP contribution >= 0.6 is 23.2 Å². The molecular formula is C12H13Cl2N3O3. The quantitative estimate of drug-likeness (QED) is 0.846. The minimum Gasteiger partial charge on any atom is -0.453 e. The topological polar surface area (TPSA) is 71.5 Å². The van der Waals surface area contributed by atoms with Gasteiger partial charge in [0.05, 0.1) is 23.7 Å². The maximum atomic E-state index is 12.3. The zero-order valence-electron chi connectivity index (χ0n) is 10.7. The first kappa shape index (κ1) is 14.9. The molecule has 1 saturated heterocycles. The van der Waals surface area contributed by atoms with E-state index in [1.165, 1.54) is 19.4 Å². The molecule has 0 aromatic carbocycles. The molecule has 0 spiro atoms. The van der Waals surface area contributed by atoms with Gasteiger partial charge in [-0.25, -0.2) is 9.78 Å². The zero-order valence-corrected chi connectivity index (χ0v) is 12.2. The number of nitrogens with zero attached hydrogens (tertiary/aromatic N) is 2. The average molecular weight is 318 g/mol. The lowest BCUT2D eigenvalue weighted by Gasteiger charge is -2.17. The molecule has 1 N–H and O–H groups in total. The summed E-state index contributed by atoms with van der Waals surface area (Å²) in [4.78, 5) is 28.9. The first-order chi connectivity index (χ1) is 9.51. The van der Waals surface area contributed by atoms with Crippen LogP contribution in [0.15, 0.2) is 12.3 Å². The number of rotatable bonds is 2. The van der Waals surface area contributed by atoms with Crippen LogP contribution in [0.1, 0.15) is 16.8 Å². The molecule has 1 aromatic heterocycles. The lowest BCUT2D eigenvalue weighted by atomic mass is 10.2. The van der Waals surface area contributed by atoms with Gasteiger partial charge in [0.1, 0.15) is 5.15 Å². The lowest BCUT2D eigenvalue weighted by molar-refractivity contribution is 0.0788. The van der Waals surface area contributed by atoms with E-state index in [9.17, 15) is 9.59 Å². The number of hydrogen-bond acceptors (Lipinski definition) is 4. The van der Waals surface area contributed by atoms with Crippen LogP contribution in [0.4, 0.5) is 4.79 Å². The summed E-state index contributed by atoms with van der Waals surface area (Å²) in [5.41, 5.74) is 0.311. The number of carbonyl (C=O) groups excluding carboxylic acids is 2. The van der Waals surface area contributed by atoms with Crippen molar-refractivity contribution in [1.82, 2.24) is 15.2 Å². The Kier molecular flexibility index (Phi) is 4.67. The van der Waals surface area contributed by atoms with Crippen LogP contribution in [0, 0.1) is 0 Å². The molecule has 0 aliphatic carbocycles. The molecule has 1 fully saturated rings. The molecule has 0 saturated carbocycles. The Morgan fingerprint density at radius 2 is 2.25 bits per heavy atom. The third-order valence-corrected chi connectivity index (χ3v) is 3.54. The summed E-state index contributed by atoms with van der Waals surface area (Å²) in [6.45, 7) is 0.938. The number of alkyl carbamates (subject to hydrolysis) is 1. The molecule has 1 atom stereocenters. The first-order valence-corrected chi connectivity index (χ1v) is 6.71. The maximum absolute atomic E-state index is 12.3. The fourth-order valence-corrected chi connectivity index (χ4v) is 2.38. The Morgan fingerprint density at radius 3 is 2.95 bits per heavy atom. The Morgan fingerprint density at radius 1 is 1.50 bits per heavy atom. The lowest BCUT2D eigenvalue weighted by Crippen LogP contribution is -2.38. The van der Waals surface area contributed by atoms with E-state index in [1.807, 2.05) is 0 Å². The molecule has 0 radical (unpaired) electrons. The summed E-state index contributed by atoms with van der Waals surface area (Å²) in [6.07, 6.45) is 1.50. The van der Waals surface area contributed by atoms with Crippen LogP contribution < -0.4 is 5.32 Å². The number of pyridine rings is 1. The minimum absolute atomic E-state index is 0.123. The molecule has 2 rings (SSSR count). The van der Waals surface area contributed by atoms with Crippen molar-refractivity contribution in [3.05, 3.63) is 28.0 Å². The smallest absolute Gasteiger partial charge is 0.407 e. The van der Waals surface area contributed by atoms with Gasteiger partial charge in [0.2, 0.25) is 0 Å². The number of ether oxygens (including phenoxy) is 1. The van der Waals surface area contributed by atoms with Crippen LogP contribution in [0.5, 0.6) is 0 Å². The van der Waals surface area contributed by atoms with Gasteiger partial charge in [0, 0.05) is 19.3 Å². The van der Waals surface area contributed by atoms with Gasteiger partial charge in [-0.2, -0.15) is 0 Å². The largest absolute Gasteiger partial charge is 0.453 e. The molecule has 1 aromatic rings. The highest BCUT2D eigenvalue weighted by Gasteiger charge is 2.29. The zero-order chi connectivity index (χ0) is 14.7. The van der Waals surface area contributed by atoms with E-state index in [0.717, 1.165) is 0 Å². The normalized spacial score (nSPS) is 17.9. The standard InChI is InChI=1S/C12H13Cl2N3O3/c1-20-12(19)16-7-2-3-17(6-7)11(18)8-4-10(14)15-5-9(8)13/h4-5,7H,2-3,6H2,1H3,(H,16,19). The molecule has 0 bridgehead atoms. The Labute approximate surface area is 126 Å². The van der Waals surface area contributed by atoms with Gasteiger partial charge in [-0.1, -0.05) is 23.2 Å². The predicted octanol–water partition coefficient (Wildman–Crippen LogP) is 1.96. The first-order valence-electron chi connectivity index (χ1n) is 5.96. The van der Waals surface area contributed by atoms with E-state index in [-0.39, 0.29) is 22.1 Å². The Bertz CT molecular complexity index is 539. The van der Waals surface area contributed by atoms with E-state index in [0.29, 0.717) is 25.1 Å². The molecule has 1 aliphatic heterocycles. The van der Waals surface area contributed by atoms with E-state index in [1.54, 1.807) is 4.90 Å². The van der Waals surface area contributed by atoms with Crippen LogP contribution in [0.3, 0.4) is 0 Å². The molecule has 1 aliphatic rings. The van der Waals surface area contributed by atoms with Crippen molar-refractivity contribution in [3.8, 4) is 0 Å². The SMILES string of the molecule is COC(=O)NC1CCN(C(=O)c2cc(Cl)ncc2Cl)C1. The Balaban J connectivity index is 2.04. The fourth-order valence-electron chi connectivity index (χ4n) is 2.04. The van der Waals surface area contributed by atoms with Gasteiger partial charge >= 0.3 is 6.09 Å². The minimum atomic E-state index is -0.505. The highest BCUT2D eigenvalue weighted by molar-refractivity contribution is 6.35. The van der Waals surface area contributed by atoms with Gasteiger partial charge in [-0.15, -0.1) is 0 Å². The summed E-state index contributed by atoms with van der Waals surface area (Å²) in [5.74, 6) is -0.228. The summed E-state index contributed by atoms with van der Waals surface area (Å²) in [6, 6.07) is 1.32. The van der Waals surface area contributed by atoms with E-state index >= 15 is 0 Å². The second-order valence-corrected chi connectivity index (χ2v) is 5.15. The van der Waals surface area contributed by atoms with Crippen LogP contribution in [-0.4, -0.2) is 48.1 Å². The van der Waals surface area contributed by atoms with E-state index < -0.39 is 6.09 Å². The molecule has 2 amide bonds. The fraction of sp³-hybridized carbons (Fsp3) is 0.417. The van der Waals surface area contributed by atoms with Crippen molar-refractivity contribution in [2.75, 3.05) is 20.2 Å². The van der Waals surface area contributed by atoms with E-state index in [4.69, 9.17) is 23.2 Å². The second-order valence-electron chi connectivity index (χ2n) is 4.36. The summed E-state index contributed by atoms with van der Waals surface area (Å²) >= 11 is 11.7. The second kappa shape index (κ2) is 6.28. The van der Waals surface area contributed by atoms with Gasteiger partial charge in [0.25, 0.3) is 5.91 Å². The van der Waals surface area contributed by atoms with E-state index in [2.05, 4.69) is 15.0 Å². The van der Waals surface area contributed by atoms with Crippen molar-refractivity contribution >= 4 is 35.2 Å². The number of amides is 2. The van der Waals surface area contributed by atoms with Crippen molar-refractivity contribution in [1.29, 1.82) is 0 Å². The highest BCUT2D eigenvalue weighted by Crippen LogP contribution is 2.22. The van der Waals surface area contributed by atoms with Crippen molar-refractivity contribution in [2.45, 2.75) is 12.5 Å². The van der Waals surface area contributed by atoms with Crippen molar-refractivity contribution in [3.63, 3.8) is 0 Å². The molecule has 8 heteroatoms. The number of methoxy groups -OCH3 is 1. The van der Waals surface area contributed by atoms with Crippen molar-refractivity contribution in [2.24, 2.45) is 0 Å². The molecule has 6 nitrogen and oxygen atoms in total. The number of aromatic nitrogens is 1. The van der Waals surface area contributed by atoms with Gasteiger partial charge in [-0.05, 0) is 12.5 Å². The molecular weight excluding hydrogens is 305 g/mol. The molecule has 108 valence electrons. The number of likely N-dealkylation sites (tertiary alicyclic amines) is 1. The molecule has 20 heavy (non-hydrogen) atoms. The molecule has 1 unspecified atom stereocenters. The number of hydrogen-bond donors (Lipinski definition) is 1. The maximum Gasteiger partial charge on any atom is 0.407 e. The van der Waals surface area contributed by atoms with Gasteiger partial charge < -0.3 is 15.0 Å². The van der Waals surface area contributed by atoms with Crippen LogP contribution in [0.2, 0.25) is 10.2 Å². The summed E-state index contributed by atoms with van der Waals surface area (Å²) in [7, 11) is 1.30. The number of halogens is 2. The van der Waals surface area contributed by atoms with Gasteiger partial charge in [0.15, 0.2) is 0 Å². The summed E-state index contributed by atoms with van der Waals surface area (Å²) < 4.78 is 4.53. The monoisotopic (exact) mass is 317 g/mol. The number of carbonyl (C=O) groups is 2. The Hall–Kier alpha value is -1.53. The van der Waals surface area contributed by atoms with Gasteiger partial charge in [-0.3, -0.25) is 4.79 Å². The predicted molar refractivity (Wildman–Crippen MR) is 74.1 cm³/mol. The highest BCUT2D eigenvalue weighted by atomic mass is 35.5. The van der Waals surface area contributed by atoms with Crippen LogP contribution in [0.25, 0.3) is 0 Å². The third kappa shape index (κ3) is 3.32. The van der Waals surface area contributed by atoms with Crippen molar-refractivity contribution < 1.29 is 14.3 Å².